The fourth-order valence-electron chi connectivity index (χ4n) is 3.39. The van der Waals surface area contributed by atoms with Crippen molar-refractivity contribution in [3.05, 3.63) is 35.6 Å². The largest absolute Gasteiger partial charge is 0.374 e. The van der Waals surface area contributed by atoms with Gasteiger partial charge < -0.3 is 14.4 Å². The van der Waals surface area contributed by atoms with Gasteiger partial charge in [0, 0.05) is 25.2 Å². The summed E-state index contributed by atoms with van der Waals surface area (Å²) < 4.78 is 25.3. The normalized spacial score (nSPS) is 27.4. The molecule has 0 N–H and O–H groups in total. The summed E-state index contributed by atoms with van der Waals surface area (Å²) in [5.41, 5.74) is 0.651. The number of ether oxygens (including phenoxy) is 2. The van der Waals surface area contributed by atoms with Crippen molar-refractivity contribution in [2.75, 3.05) is 19.6 Å². The molecule has 2 fully saturated rings. The van der Waals surface area contributed by atoms with Crippen LogP contribution >= 0.6 is 0 Å². The van der Waals surface area contributed by atoms with Crippen molar-refractivity contribution in [2.24, 2.45) is 0 Å². The van der Waals surface area contributed by atoms with Gasteiger partial charge in [0.2, 0.25) is 0 Å². The predicted molar refractivity (Wildman–Crippen MR) is 84.2 cm³/mol. The molecule has 22 heavy (non-hydrogen) atoms. The van der Waals surface area contributed by atoms with E-state index in [4.69, 9.17) is 9.47 Å². The highest BCUT2D eigenvalue weighted by Crippen LogP contribution is 2.22. The number of piperidine rings is 1. The van der Waals surface area contributed by atoms with Crippen LogP contribution in [-0.2, 0) is 16.1 Å². The van der Waals surface area contributed by atoms with Crippen molar-refractivity contribution >= 4 is 0 Å². The lowest BCUT2D eigenvalue weighted by atomic mass is 10.1. The third kappa shape index (κ3) is 4.28. The molecule has 0 bridgehead atoms. The Labute approximate surface area is 132 Å². The maximum atomic E-state index is 13.6. The minimum absolute atomic E-state index is 0.174. The number of rotatable bonds is 5. The van der Waals surface area contributed by atoms with E-state index in [2.05, 4.69) is 11.8 Å². The van der Waals surface area contributed by atoms with Crippen LogP contribution in [0, 0.1) is 5.82 Å². The Balaban J connectivity index is 1.38. The van der Waals surface area contributed by atoms with Crippen molar-refractivity contribution in [3.63, 3.8) is 0 Å². The van der Waals surface area contributed by atoms with Crippen molar-refractivity contribution in [1.82, 2.24) is 4.90 Å². The highest BCUT2D eigenvalue weighted by atomic mass is 19.1. The van der Waals surface area contributed by atoms with E-state index in [0.29, 0.717) is 24.4 Å². The monoisotopic (exact) mass is 307 g/mol. The summed E-state index contributed by atoms with van der Waals surface area (Å²) in [6, 6.07) is 6.85. The molecule has 0 aromatic heterocycles. The van der Waals surface area contributed by atoms with Gasteiger partial charge >= 0.3 is 0 Å². The van der Waals surface area contributed by atoms with Crippen LogP contribution in [0.5, 0.6) is 0 Å². The van der Waals surface area contributed by atoms with Gasteiger partial charge in [0.25, 0.3) is 0 Å². The van der Waals surface area contributed by atoms with Crippen LogP contribution in [-0.4, -0.2) is 42.8 Å². The first kappa shape index (κ1) is 15.9. The second kappa shape index (κ2) is 7.53. The Morgan fingerprint density at radius 3 is 2.64 bits per heavy atom. The second-order valence-corrected chi connectivity index (χ2v) is 6.55. The Morgan fingerprint density at radius 1 is 1.18 bits per heavy atom. The summed E-state index contributed by atoms with van der Waals surface area (Å²) in [4.78, 5) is 2.48. The molecule has 2 aliphatic heterocycles. The molecule has 2 aliphatic rings. The van der Waals surface area contributed by atoms with E-state index in [1.165, 1.54) is 18.9 Å². The molecule has 0 saturated carbocycles. The summed E-state index contributed by atoms with van der Waals surface area (Å²) in [6.07, 6.45) is 5.50. The second-order valence-electron chi connectivity index (χ2n) is 6.55. The Bertz CT molecular complexity index is 474. The van der Waals surface area contributed by atoms with Gasteiger partial charge in [-0.3, -0.25) is 0 Å². The smallest absolute Gasteiger partial charge is 0.128 e. The minimum Gasteiger partial charge on any atom is -0.374 e. The third-order valence-electron chi connectivity index (χ3n) is 4.75. The summed E-state index contributed by atoms with van der Waals surface area (Å²) in [6.45, 7) is 5.68. The zero-order valence-corrected chi connectivity index (χ0v) is 13.3. The van der Waals surface area contributed by atoms with Gasteiger partial charge in [0.15, 0.2) is 0 Å². The highest BCUT2D eigenvalue weighted by molar-refractivity contribution is 5.16. The standard InChI is InChI=1S/C18H26FNO2/c1-14-6-7-17(22-14)12-20-10-8-16(9-11-20)21-13-15-4-2-3-5-18(15)19/h2-5,14,16-17H,6-13H2,1H3/t14-,17+/m1/s1. The third-order valence-corrected chi connectivity index (χ3v) is 4.75. The minimum atomic E-state index is -0.174. The first-order chi connectivity index (χ1) is 10.7. The van der Waals surface area contributed by atoms with Crippen LogP contribution in [0.1, 0.15) is 38.2 Å². The molecule has 3 nitrogen and oxygen atoms in total. The van der Waals surface area contributed by atoms with Crippen molar-refractivity contribution in [3.8, 4) is 0 Å². The fourth-order valence-corrected chi connectivity index (χ4v) is 3.39. The Hall–Kier alpha value is -0.970. The summed E-state index contributed by atoms with van der Waals surface area (Å²) in [5, 5.41) is 0. The number of hydrogen-bond donors (Lipinski definition) is 0. The van der Waals surface area contributed by atoms with E-state index in [-0.39, 0.29) is 11.9 Å². The summed E-state index contributed by atoms with van der Waals surface area (Å²) >= 11 is 0. The maximum absolute atomic E-state index is 13.6. The quantitative estimate of drug-likeness (QED) is 0.832. The number of hydrogen-bond acceptors (Lipinski definition) is 3. The maximum Gasteiger partial charge on any atom is 0.128 e. The molecule has 0 aliphatic carbocycles. The molecule has 0 spiro atoms. The van der Waals surface area contributed by atoms with E-state index in [1.807, 2.05) is 6.07 Å². The summed E-state index contributed by atoms with van der Waals surface area (Å²) in [7, 11) is 0. The van der Waals surface area contributed by atoms with E-state index >= 15 is 0 Å². The average molecular weight is 307 g/mol. The molecule has 0 radical (unpaired) electrons. The molecule has 4 heteroatoms. The molecule has 2 heterocycles. The zero-order valence-electron chi connectivity index (χ0n) is 13.3. The van der Waals surface area contributed by atoms with Crippen LogP contribution < -0.4 is 0 Å². The molecule has 0 unspecified atom stereocenters. The topological polar surface area (TPSA) is 21.7 Å². The molecule has 0 amide bonds. The fraction of sp³-hybridized carbons (Fsp3) is 0.667. The number of halogens is 1. The molecule has 2 saturated heterocycles. The Kier molecular flexibility index (Phi) is 5.45. The first-order valence-corrected chi connectivity index (χ1v) is 8.43. The molecule has 1 aromatic rings. The van der Waals surface area contributed by atoms with Gasteiger partial charge in [0.1, 0.15) is 5.82 Å². The first-order valence-electron chi connectivity index (χ1n) is 8.43. The SMILES string of the molecule is C[C@@H]1CC[C@@H](CN2CCC(OCc3ccccc3F)CC2)O1. The van der Waals surface area contributed by atoms with Crippen LogP contribution in [0.4, 0.5) is 4.39 Å². The van der Waals surface area contributed by atoms with E-state index < -0.39 is 0 Å². The number of nitrogens with zero attached hydrogens (tertiary/aromatic N) is 1. The van der Waals surface area contributed by atoms with Crippen LogP contribution in [0.15, 0.2) is 24.3 Å². The molecule has 2 atom stereocenters. The molecule has 1 aromatic carbocycles. The van der Waals surface area contributed by atoms with Crippen molar-refractivity contribution in [1.29, 1.82) is 0 Å². The van der Waals surface area contributed by atoms with Gasteiger partial charge in [0.05, 0.1) is 24.9 Å². The van der Waals surface area contributed by atoms with Gasteiger partial charge in [-0.1, -0.05) is 18.2 Å². The number of likely N-dealkylation sites (tertiary alicyclic amines) is 1. The molecule has 122 valence electrons. The lowest BCUT2D eigenvalue weighted by Crippen LogP contribution is -2.41. The van der Waals surface area contributed by atoms with Crippen LogP contribution in [0.2, 0.25) is 0 Å². The van der Waals surface area contributed by atoms with Gasteiger partial charge in [-0.05, 0) is 38.7 Å². The predicted octanol–water partition coefficient (Wildman–Crippen LogP) is 3.37. The number of benzene rings is 1. The van der Waals surface area contributed by atoms with E-state index in [1.54, 1.807) is 12.1 Å². The Morgan fingerprint density at radius 2 is 1.95 bits per heavy atom. The van der Waals surface area contributed by atoms with Crippen molar-refractivity contribution < 1.29 is 13.9 Å². The lowest BCUT2D eigenvalue weighted by molar-refractivity contribution is -0.0201. The van der Waals surface area contributed by atoms with Crippen LogP contribution in [0.3, 0.4) is 0 Å². The molecular weight excluding hydrogens is 281 g/mol. The molecule has 3 rings (SSSR count). The van der Waals surface area contributed by atoms with E-state index in [9.17, 15) is 4.39 Å². The molecular formula is C18H26FNO2. The lowest BCUT2D eigenvalue weighted by Gasteiger charge is -2.33. The zero-order chi connectivity index (χ0) is 15.4. The average Bonchev–Trinajstić information content (AvgIpc) is 2.93. The van der Waals surface area contributed by atoms with Gasteiger partial charge in [-0.25, -0.2) is 4.39 Å². The van der Waals surface area contributed by atoms with Crippen molar-refractivity contribution in [2.45, 2.75) is 57.5 Å². The highest BCUT2D eigenvalue weighted by Gasteiger charge is 2.26. The van der Waals surface area contributed by atoms with Crippen LogP contribution in [0.25, 0.3) is 0 Å². The van der Waals surface area contributed by atoms with Gasteiger partial charge in [-0.2, -0.15) is 0 Å². The summed E-state index contributed by atoms with van der Waals surface area (Å²) in [5.74, 6) is -0.174. The van der Waals surface area contributed by atoms with E-state index in [0.717, 1.165) is 32.5 Å². The van der Waals surface area contributed by atoms with Gasteiger partial charge in [-0.15, -0.1) is 0 Å².